The summed E-state index contributed by atoms with van der Waals surface area (Å²) in [6.45, 7) is 4.10. The van der Waals surface area contributed by atoms with Crippen molar-refractivity contribution in [3.05, 3.63) is 66.5 Å². The van der Waals surface area contributed by atoms with Crippen LogP contribution in [-0.4, -0.2) is 41.7 Å². The lowest BCUT2D eigenvalue weighted by Gasteiger charge is -2.33. The molecule has 7 heteroatoms. The van der Waals surface area contributed by atoms with Gasteiger partial charge in [-0.25, -0.2) is 4.98 Å². The first-order chi connectivity index (χ1) is 15.2. The molecule has 4 rings (SSSR count). The Morgan fingerprint density at radius 1 is 1.13 bits per heavy atom. The number of para-hydroxylation sites is 2. The molecule has 2 heterocycles. The van der Waals surface area contributed by atoms with E-state index in [0.29, 0.717) is 30.0 Å². The van der Waals surface area contributed by atoms with Crippen LogP contribution in [0.5, 0.6) is 11.5 Å². The highest BCUT2D eigenvalue weighted by molar-refractivity contribution is 5.99. The maximum Gasteiger partial charge on any atom is 0.249 e. The third kappa shape index (κ3) is 4.77. The average molecular weight is 418 g/mol. The van der Waals surface area contributed by atoms with Crippen molar-refractivity contribution in [2.45, 2.75) is 25.9 Å². The van der Waals surface area contributed by atoms with E-state index in [2.05, 4.69) is 9.88 Å². The zero-order valence-corrected chi connectivity index (χ0v) is 17.5. The fourth-order valence-corrected chi connectivity index (χ4v) is 3.80. The van der Waals surface area contributed by atoms with Crippen molar-refractivity contribution in [3.8, 4) is 22.8 Å². The summed E-state index contributed by atoms with van der Waals surface area (Å²) in [5.41, 5.74) is 7.27. The van der Waals surface area contributed by atoms with Gasteiger partial charge in [0.25, 0.3) is 0 Å². The molecule has 1 aliphatic heterocycles. The summed E-state index contributed by atoms with van der Waals surface area (Å²) in [5.74, 6) is 1.78. The lowest BCUT2D eigenvalue weighted by atomic mass is 10.0. The predicted octanol–water partition coefficient (Wildman–Crippen LogP) is 3.69. The second kappa shape index (κ2) is 9.47. The highest BCUT2D eigenvalue weighted by Gasteiger charge is 2.24. The number of aromatic nitrogens is 2. The van der Waals surface area contributed by atoms with Crippen LogP contribution in [0.1, 0.15) is 30.1 Å². The van der Waals surface area contributed by atoms with Crippen LogP contribution in [0.3, 0.4) is 0 Å². The van der Waals surface area contributed by atoms with Crippen LogP contribution in [0, 0.1) is 0 Å². The molecular weight excluding hydrogens is 392 g/mol. The first-order valence-corrected chi connectivity index (χ1v) is 10.5. The summed E-state index contributed by atoms with van der Waals surface area (Å²) >= 11 is 0. The number of rotatable bonds is 7. The molecule has 1 saturated heterocycles. The molecule has 0 aliphatic carbocycles. The van der Waals surface area contributed by atoms with Crippen molar-refractivity contribution in [2.24, 2.45) is 5.73 Å². The van der Waals surface area contributed by atoms with Crippen LogP contribution in [0.25, 0.3) is 11.3 Å². The van der Waals surface area contributed by atoms with E-state index in [4.69, 9.17) is 20.2 Å². The fraction of sp³-hybridized carbons (Fsp3) is 0.292. The van der Waals surface area contributed by atoms with Crippen molar-refractivity contribution >= 4 is 11.7 Å². The summed E-state index contributed by atoms with van der Waals surface area (Å²) in [5, 5.41) is 0. The zero-order chi connectivity index (χ0) is 21.6. The van der Waals surface area contributed by atoms with Crippen molar-refractivity contribution in [1.82, 2.24) is 9.97 Å². The molecule has 1 atom stereocenters. The highest BCUT2D eigenvalue weighted by Crippen LogP contribution is 2.30. The summed E-state index contributed by atoms with van der Waals surface area (Å²) in [6, 6.07) is 14.9. The van der Waals surface area contributed by atoms with Gasteiger partial charge in [0.2, 0.25) is 5.91 Å². The summed E-state index contributed by atoms with van der Waals surface area (Å²) in [6.07, 6.45) is 5.34. The molecule has 1 aromatic heterocycles. The second-order valence-corrected chi connectivity index (χ2v) is 7.38. The Bertz CT molecular complexity index is 1060. The Labute approximate surface area is 181 Å². The van der Waals surface area contributed by atoms with Gasteiger partial charge in [-0.15, -0.1) is 0 Å². The smallest absolute Gasteiger partial charge is 0.249 e. The molecule has 1 aliphatic rings. The molecule has 1 amide bonds. The predicted molar refractivity (Wildman–Crippen MR) is 119 cm³/mol. The lowest BCUT2D eigenvalue weighted by molar-refractivity contribution is 0.100. The molecule has 0 radical (unpaired) electrons. The van der Waals surface area contributed by atoms with Crippen LogP contribution in [0.4, 0.5) is 5.82 Å². The first kappa shape index (κ1) is 20.7. The maximum atomic E-state index is 11.8. The zero-order valence-electron chi connectivity index (χ0n) is 17.5. The van der Waals surface area contributed by atoms with Gasteiger partial charge < -0.3 is 20.1 Å². The Hall–Kier alpha value is -3.61. The molecule has 160 valence electrons. The van der Waals surface area contributed by atoms with Gasteiger partial charge in [0.15, 0.2) is 11.5 Å². The number of nitrogens with two attached hydrogens (primary N) is 1. The van der Waals surface area contributed by atoms with Crippen LogP contribution in [-0.2, 0) is 0 Å². The Morgan fingerprint density at radius 3 is 2.71 bits per heavy atom. The normalized spacial score (nSPS) is 16.0. The lowest BCUT2D eigenvalue weighted by Crippen LogP contribution is -2.41. The van der Waals surface area contributed by atoms with Crippen molar-refractivity contribution in [3.63, 3.8) is 0 Å². The molecule has 1 unspecified atom stereocenters. The molecular formula is C24H26N4O3. The largest absolute Gasteiger partial charge is 0.490 e. The molecule has 0 saturated carbocycles. The molecule has 31 heavy (non-hydrogen) atoms. The SMILES string of the molecule is CCOc1ccccc1OC1CCCN(c2cncc(-c3ccccc3C(N)=O)n2)C1. The highest BCUT2D eigenvalue weighted by atomic mass is 16.5. The number of hydrogen-bond acceptors (Lipinski definition) is 6. The van der Waals surface area contributed by atoms with Gasteiger partial charge in [0.05, 0.1) is 31.2 Å². The Morgan fingerprint density at radius 2 is 1.90 bits per heavy atom. The number of carbonyl (C=O) groups excluding carboxylic acids is 1. The van der Waals surface area contributed by atoms with Crippen LogP contribution >= 0.6 is 0 Å². The number of amides is 1. The number of ether oxygens (including phenoxy) is 2. The number of nitrogens with zero attached hydrogens (tertiary/aromatic N) is 3. The standard InChI is InChI=1S/C24H26N4O3/c1-2-30-21-11-5-6-12-22(21)31-17-8-7-13-28(16-17)23-15-26-14-20(27-23)18-9-3-4-10-19(18)24(25)29/h3-6,9-12,14-15,17H,2,7-8,13,16H2,1H3,(H2,25,29). The van der Waals surface area contributed by atoms with Gasteiger partial charge in [-0.2, -0.15) is 0 Å². The third-order valence-electron chi connectivity index (χ3n) is 5.24. The molecule has 0 spiro atoms. The van der Waals surface area contributed by atoms with Gasteiger partial charge in [-0.05, 0) is 38.0 Å². The van der Waals surface area contributed by atoms with E-state index in [0.717, 1.165) is 36.7 Å². The second-order valence-electron chi connectivity index (χ2n) is 7.38. The summed E-state index contributed by atoms with van der Waals surface area (Å²) in [7, 11) is 0. The molecule has 3 aromatic rings. The number of carbonyl (C=O) groups is 1. The number of piperidine rings is 1. The fourth-order valence-electron chi connectivity index (χ4n) is 3.80. The van der Waals surface area contributed by atoms with Crippen molar-refractivity contribution in [1.29, 1.82) is 0 Å². The number of primary amides is 1. The molecule has 0 bridgehead atoms. The van der Waals surface area contributed by atoms with Gasteiger partial charge in [-0.1, -0.05) is 30.3 Å². The molecule has 2 aromatic carbocycles. The number of hydrogen-bond donors (Lipinski definition) is 1. The van der Waals surface area contributed by atoms with Gasteiger partial charge in [0, 0.05) is 17.7 Å². The van der Waals surface area contributed by atoms with Crippen LogP contribution in [0.15, 0.2) is 60.9 Å². The van der Waals surface area contributed by atoms with Gasteiger partial charge >= 0.3 is 0 Å². The summed E-state index contributed by atoms with van der Waals surface area (Å²) < 4.78 is 12.0. The number of anilines is 1. The van der Waals surface area contributed by atoms with E-state index in [1.807, 2.05) is 43.3 Å². The van der Waals surface area contributed by atoms with Crippen molar-refractivity contribution in [2.75, 3.05) is 24.6 Å². The topological polar surface area (TPSA) is 90.6 Å². The Kier molecular flexibility index (Phi) is 6.31. The molecule has 1 fully saturated rings. The first-order valence-electron chi connectivity index (χ1n) is 10.5. The van der Waals surface area contributed by atoms with Gasteiger partial charge in [0.1, 0.15) is 11.9 Å². The van der Waals surface area contributed by atoms with Crippen LogP contribution in [0.2, 0.25) is 0 Å². The minimum Gasteiger partial charge on any atom is -0.490 e. The molecule has 7 nitrogen and oxygen atoms in total. The minimum absolute atomic E-state index is 0.0127. The van der Waals surface area contributed by atoms with E-state index >= 15 is 0 Å². The van der Waals surface area contributed by atoms with E-state index in [9.17, 15) is 4.79 Å². The quantitative estimate of drug-likeness (QED) is 0.629. The van der Waals surface area contributed by atoms with Gasteiger partial charge in [-0.3, -0.25) is 9.78 Å². The molecule has 2 N–H and O–H groups in total. The Balaban J connectivity index is 1.53. The van der Waals surface area contributed by atoms with E-state index in [-0.39, 0.29) is 6.10 Å². The van der Waals surface area contributed by atoms with E-state index in [1.165, 1.54) is 0 Å². The monoisotopic (exact) mass is 418 g/mol. The van der Waals surface area contributed by atoms with E-state index < -0.39 is 5.91 Å². The maximum absolute atomic E-state index is 11.8. The van der Waals surface area contributed by atoms with Crippen molar-refractivity contribution < 1.29 is 14.3 Å². The minimum atomic E-state index is -0.484. The number of benzene rings is 2. The third-order valence-corrected chi connectivity index (χ3v) is 5.24. The average Bonchev–Trinajstić information content (AvgIpc) is 2.81. The van der Waals surface area contributed by atoms with Crippen LogP contribution < -0.4 is 20.1 Å². The van der Waals surface area contributed by atoms with E-state index in [1.54, 1.807) is 24.5 Å². The summed E-state index contributed by atoms with van der Waals surface area (Å²) in [4.78, 5) is 23.1.